The van der Waals surface area contributed by atoms with Crippen LogP contribution in [0.4, 0.5) is 5.69 Å². The summed E-state index contributed by atoms with van der Waals surface area (Å²) in [6, 6.07) is 5.81. The summed E-state index contributed by atoms with van der Waals surface area (Å²) in [6.45, 7) is 0. The molecular weight excluding hydrogens is 184 g/mol. The van der Waals surface area contributed by atoms with Crippen molar-refractivity contribution in [3.8, 4) is 5.75 Å². The van der Waals surface area contributed by atoms with Gasteiger partial charge in [0.05, 0.1) is 16.6 Å². The number of aromatic nitrogens is 1. The zero-order valence-corrected chi connectivity index (χ0v) is 7.04. The van der Waals surface area contributed by atoms with Crippen LogP contribution in [0.2, 0.25) is 0 Å². The molecule has 14 heavy (non-hydrogen) atoms. The minimum absolute atomic E-state index is 0.00399. The van der Waals surface area contributed by atoms with Crippen LogP contribution in [-0.2, 0) is 0 Å². The first-order chi connectivity index (χ1) is 6.66. The molecule has 5 nitrogen and oxygen atoms in total. The summed E-state index contributed by atoms with van der Waals surface area (Å²) < 4.78 is 0. The molecule has 5 heteroatoms. The lowest BCUT2D eigenvalue weighted by molar-refractivity contribution is -0.384. The average molecular weight is 190 g/mol. The SMILES string of the molecule is O=[N+]([O-])c1ccc2cc(O)cnc2c1. The normalized spacial score (nSPS) is 10.3. The second-order valence-corrected chi connectivity index (χ2v) is 2.83. The van der Waals surface area contributed by atoms with E-state index in [9.17, 15) is 10.1 Å². The first-order valence-electron chi connectivity index (χ1n) is 3.90. The molecule has 0 radical (unpaired) electrons. The smallest absolute Gasteiger partial charge is 0.271 e. The second kappa shape index (κ2) is 2.95. The molecule has 0 fully saturated rings. The summed E-state index contributed by atoms with van der Waals surface area (Å²) in [7, 11) is 0. The van der Waals surface area contributed by atoms with Gasteiger partial charge in [-0.25, -0.2) is 0 Å². The molecule has 0 unspecified atom stereocenters. The molecule has 0 spiro atoms. The highest BCUT2D eigenvalue weighted by molar-refractivity contribution is 5.81. The Bertz CT molecular complexity index is 510. The van der Waals surface area contributed by atoms with Crippen molar-refractivity contribution >= 4 is 16.6 Å². The molecule has 0 aliphatic rings. The minimum atomic E-state index is -0.478. The van der Waals surface area contributed by atoms with Crippen molar-refractivity contribution in [3.05, 3.63) is 40.6 Å². The van der Waals surface area contributed by atoms with Crippen molar-refractivity contribution < 1.29 is 10.0 Å². The van der Waals surface area contributed by atoms with E-state index in [0.29, 0.717) is 10.9 Å². The first-order valence-corrected chi connectivity index (χ1v) is 3.90. The summed E-state index contributed by atoms with van der Waals surface area (Å²) in [6.07, 6.45) is 1.26. The number of pyridine rings is 1. The molecule has 1 heterocycles. The molecule has 0 amide bonds. The van der Waals surface area contributed by atoms with Gasteiger partial charge in [0.25, 0.3) is 5.69 Å². The van der Waals surface area contributed by atoms with Gasteiger partial charge < -0.3 is 5.11 Å². The number of hydrogen-bond donors (Lipinski definition) is 1. The quantitative estimate of drug-likeness (QED) is 0.549. The Balaban J connectivity index is 2.67. The zero-order valence-electron chi connectivity index (χ0n) is 7.04. The standard InChI is InChI=1S/C9H6N2O3/c12-8-3-6-1-2-7(11(13)14)4-9(6)10-5-8/h1-5,12H. The fourth-order valence-corrected chi connectivity index (χ4v) is 1.21. The van der Waals surface area contributed by atoms with Crippen LogP contribution in [0.25, 0.3) is 10.9 Å². The van der Waals surface area contributed by atoms with Gasteiger partial charge in [-0.2, -0.15) is 0 Å². The number of nitro groups is 1. The Morgan fingerprint density at radius 1 is 1.36 bits per heavy atom. The molecule has 2 aromatic rings. The van der Waals surface area contributed by atoms with Crippen LogP contribution < -0.4 is 0 Å². The van der Waals surface area contributed by atoms with Gasteiger partial charge in [0.1, 0.15) is 5.75 Å². The minimum Gasteiger partial charge on any atom is -0.506 e. The van der Waals surface area contributed by atoms with Crippen molar-refractivity contribution in [2.45, 2.75) is 0 Å². The molecule has 0 saturated carbocycles. The highest BCUT2D eigenvalue weighted by Gasteiger charge is 2.06. The van der Waals surface area contributed by atoms with Gasteiger partial charge in [0, 0.05) is 17.5 Å². The number of rotatable bonds is 1. The number of nitro benzene ring substituents is 1. The Kier molecular flexibility index (Phi) is 1.78. The number of benzene rings is 1. The van der Waals surface area contributed by atoms with Gasteiger partial charge in [-0.1, -0.05) is 0 Å². The van der Waals surface area contributed by atoms with Crippen molar-refractivity contribution in [2.75, 3.05) is 0 Å². The fraction of sp³-hybridized carbons (Fsp3) is 0. The van der Waals surface area contributed by atoms with E-state index in [-0.39, 0.29) is 11.4 Å². The topological polar surface area (TPSA) is 76.3 Å². The zero-order chi connectivity index (χ0) is 10.1. The third-order valence-electron chi connectivity index (χ3n) is 1.86. The molecule has 0 aliphatic heterocycles. The molecule has 70 valence electrons. The van der Waals surface area contributed by atoms with Gasteiger partial charge in [0.15, 0.2) is 0 Å². The highest BCUT2D eigenvalue weighted by Crippen LogP contribution is 2.21. The lowest BCUT2D eigenvalue weighted by atomic mass is 10.2. The third-order valence-corrected chi connectivity index (χ3v) is 1.86. The van der Waals surface area contributed by atoms with Crippen LogP contribution in [0.1, 0.15) is 0 Å². The third kappa shape index (κ3) is 1.35. The van der Waals surface area contributed by atoms with E-state index >= 15 is 0 Å². The molecule has 1 aromatic heterocycles. The maximum Gasteiger partial charge on any atom is 0.271 e. The summed E-state index contributed by atoms with van der Waals surface area (Å²) >= 11 is 0. The molecule has 0 aliphatic carbocycles. The number of non-ortho nitro benzene ring substituents is 1. The van der Waals surface area contributed by atoms with Crippen LogP contribution in [0.15, 0.2) is 30.5 Å². The van der Waals surface area contributed by atoms with Crippen LogP contribution in [0.5, 0.6) is 5.75 Å². The predicted molar refractivity (Wildman–Crippen MR) is 50.1 cm³/mol. The Morgan fingerprint density at radius 3 is 2.86 bits per heavy atom. The number of nitrogens with zero attached hydrogens (tertiary/aromatic N) is 2. The second-order valence-electron chi connectivity index (χ2n) is 2.83. The molecule has 1 N–H and O–H groups in total. The van der Waals surface area contributed by atoms with Gasteiger partial charge in [-0.05, 0) is 12.1 Å². The molecule has 0 saturated heterocycles. The molecular formula is C9H6N2O3. The van der Waals surface area contributed by atoms with Gasteiger partial charge in [-0.3, -0.25) is 15.1 Å². The van der Waals surface area contributed by atoms with Gasteiger partial charge in [-0.15, -0.1) is 0 Å². The lowest BCUT2D eigenvalue weighted by Gasteiger charge is -1.97. The maximum absolute atomic E-state index is 10.4. The summed E-state index contributed by atoms with van der Waals surface area (Å²) in [5.41, 5.74) is 0.493. The van der Waals surface area contributed by atoms with Crippen LogP contribution in [-0.4, -0.2) is 15.0 Å². The number of fused-ring (bicyclic) bond motifs is 1. The van der Waals surface area contributed by atoms with E-state index in [4.69, 9.17) is 5.11 Å². The summed E-state index contributed by atoms with van der Waals surface area (Å²) in [5.74, 6) is 0.0475. The van der Waals surface area contributed by atoms with Crippen LogP contribution in [0.3, 0.4) is 0 Å². The fourth-order valence-electron chi connectivity index (χ4n) is 1.21. The van der Waals surface area contributed by atoms with Crippen molar-refractivity contribution in [1.82, 2.24) is 4.98 Å². The van der Waals surface area contributed by atoms with E-state index in [2.05, 4.69) is 4.98 Å². The van der Waals surface area contributed by atoms with E-state index in [1.807, 2.05) is 0 Å². The number of hydrogen-bond acceptors (Lipinski definition) is 4. The molecule has 0 atom stereocenters. The van der Waals surface area contributed by atoms with E-state index < -0.39 is 4.92 Å². The van der Waals surface area contributed by atoms with E-state index in [1.165, 1.54) is 24.4 Å². The van der Waals surface area contributed by atoms with Crippen molar-refractivity contribution in [3.63, 3.8) is 0 Å². The molecule has 1 aromatic carbocycles. The molecule has 0 bridgehead atoms. The summed E-state index contributed by atoms with van der Waals surface area (Å²) in [4.78, 5) is 13.8. The van der Waals surface area contributed by atoms with E-state index in [0.717, 1.165) is 0 Å². The van der Waals surface area contributed by atoms with Crippen molar-refractivity contribution in [2.24, 2.45) is 0 Å². The monoisotopic (exact) mass is 190 g/mol. The van der Waals surface area contributed by atoms with Crippen LogP contribution >= 0.6 is 0 Å². The molecule has 2 rings (SSSR count). The Morgan fingerprint density at radius 2 is 2.14 bits per heavy atom. The highest BCUT2D eigenvalue weighted by atomic mass is 16.6. The summed E-state index contributed by atoms with van der Waals surface area (Å²) in [5, 5.41) is 20.2. The largest absolute Gasteiger partial charge is 0.506 e. The van der Waals surface area contributed by atoms with Gasteiger partial charge >= 0.3 is 0 Å². The maximum atomic E-state index is 10.4. The van der Waals surface area contributed by atoms with E-state index in [1.54, 1.807) is 6.07 Å². The first kappa shape index (κ1) is 8.43. The predicted octanol–water partition coefficient (Wildman–Crippen LogP) is 1.85. The van der Waals surface area contributed by atoms with Crippen molar-refractivity contribution in [1.29, 1.82) is 0 Å². The van der Waals surface area contributed by atoms with Crippen LogP contribution in [0, 0.1) is 10.1 Å². The average Bonchev–Trinajstić information content (AvgIpc) is 2.16. The van der Waals surface area contributed by atoms with Gasteiger partial charge in [0.2, 0.25) is 0 Å². The Hall–Kier alpha value is -2.17. The number of aromatic hydroxyl groups is 1. The lowest BCUT2D eigenvalue weighted by Crippen LogP contribution is -1.88. The Labute approximate surface area is 78.8 Å².